The van der Waals surface area contributed by atoms with Gasteiger partial charge in [0.1, 0.15) is 0 Å². The maximum Gasteiger partial charge on any atom is 0.0494 e. The van der Waals surface area contributed by atoms with E-state index in [1.54, 1.807) is 0 Å². The summed E-state index contributed by atoms with van der Waals surface area (Å²) in [6, 6.07) is 15.4. The van der Waals surface area contributed by atoms with Crippen LogP contribution in [0.3, 0.4) is 0 Å². The first-order chi connectivity index (χ1) is 8.74. The number of fused-ring (bicyclic) bond motifs is 3. The van der Waals surface area contributed by atoms with Crippen molar-refractivity contribution in [3.05, 3.63) is 48.0 Å². The lowest BCUT2D eigenvalue weighted by Gasteiger charge is -2.08. The number of para-hydroxylation sites is 1. The Labute approximate surface area is 108 Å². The number of hydrogen-bond acceptors (Lipinski definition) is 0. The molecule has 1 nitrogen and oxygen atoms in total. The van der Waals surface area contributed by atoms with E-state index in [4.69, 9.17) is 0 Å². The van der Waals surface area contributed by atoms with Crippen molar-refractivity contribution in [1.82, 2.24) is 4.57 Å². The highest BCUT2D eigenvalue weighted by Crippen LogP contribution is 2.34. The molecule has 0 atom stereocenters. The van der Waals surface area contributed by atoms with Gasteiger partial charge in [0, 0.05) is 28.4 Å². The SMILES string of the molecule is CCn1c2ccccc2c2c(C(C)C)cccc21. The minimum absolute atomic E-state index is 0.560. The lowest BCUT2D eigenvalue weighted by atomic mass is 9.97. The van der Waals surface area contributed by atoms with Gasteiger partial charge in [0.25, 0.3) is 0 Å². The molecule has 3 aromatic rings. The maximum atomic E-state index is 2.41. The zero-order chi connectivity index (χ0) is 12.7. The van der Waals surface area contributed by atoms with Gasteiger partial charge in [-0.05, 0) is 30.5 Å². The fourth-order valence-electron chi connectivity index (χ4n) is 2.95. The summed E-state index contributed by atoms with van der Waals surface area (Å²) in [7, 11) is 0. The van der Waals surface area contributed by atoms with Gasteiger partial charge in [0.2, 0.25) is 0 Å². The Morgan fingerprint density at radius 1 is 0.944 bits per heavy atom. The Kier molecular flexibility index (Phi) is 2.62. The van der Waals surface area contributed by atoms with E-state index in [1.807, 2.05) is 0 Å². The molecular formula is C17H19N. The van der Waals surface area contributed by atoms with Gasteiger partial charge in [-0.15, -0.1) is 0 Å². The van der Waals surface area contributed by atoms with Gasteiger partial charge in [0.05, 0.1) is 0 Å². The molecule has 0 aliphatic heterocycles. The van der Waals surface area contributed by atoms with Crippen molar-refractivity contribution in [1.29, 1.82) is 0 Å². The highest BCUT2D eigenvalue weighted by atomic mass is 15.0. The van der Waals surface area contributed by atoms with Crippen molar-refractivity contribution < 1.29 is 0 Å². The Bertz CT molecular complexity index is 704. The van der Waals surface area contributed by atoms with Gasteiger partial charge < -0.3 is 4.57 Å². The molecule has 0 radical (unpaired) electrons. The third-order valence-corrected chi connectivity index (χ3v) is 3.77. The molecule has 1 aromatic heterocycles. The van der Waals surface area contributed by atoms with E-state index in [2.05, 4.69) is 67.8 Å². The van der Waals surface area contributed by atoms with Crippen LogP contribution in [0.15, 0.2) is 42.5 Å². The summed E-state index contributed by atoms with van der Waals surface area (Å²) in [6.07, 6.45) is 0. The van der Waals surface area contributed by atoms with Crippen LogP contribution in [0.2, 0.25) is 0 Å². The Morgan fingerprint density at radius 2 is 1.67 bits per heavy atom. The van der Waals surface area contributed by atoms with Crippen LogP contribution < -0.4 is 0 Å². The molecule has 92 valence electrons. The van der Waals surface area contributed by atoms with E-state index in [0.717, 1.165) is 6.54 Å². The topological polar surface area (TPSA) is 4.93 Å². The first-order valence-corrected chi connectivity index (χ1v) is 6.74. The molecule has 0 spiro atoms. The van der Waals surface area contributed by atoms with E-state index in [1.165, 1.54) is 27.4 Å². The monoisotopic (exact) mass is 237 g/mol. The summed E-state index contributed by atoms with van der Waals surface area (Å²) in [4.78, 5) is 0. The van der Waals surface area contributed by atoms with Crippen LogP contribution in [0.4, 0.5) is 0 Å². The molecule has 3 rings (SSSR count). The smallest absolute Gasteiger partial charge is 0.0494 e. The Balaban J connectivity index is 2.56. The van der Waals surface area contributed by atoms with Crippen LogP contribution in [0.5, 0.6) is 0 Å². The first kappa shape index (κ1) is 11.3. The van der Waals surface area contributed by atoms with Crippen molar-refractivity contribution in [2.24, 2.45) is 0 Å². The third kappa shape index (κ3) is 1.47. The molecular weight excluding hydrogens is 218 g/mol. The molecule has 18 heavy (non-hydrogen) atoms. The van der Waals surface area contributed by atoms with Gasteiger partial charge in [-0.1, -0.05) is 44.2 Å². The highest BCUT2D eigenvalue weighted by Gasteiger charge is 2.13. The Morgan fingerprint density at radius 3 is 2.39 bits per heavy atom. The van der Waals surface area contributed by atoms with Crippen molar-refractivity contribution in [3.63, 3.8) is 0 Å². The molecule has 0 amide bonds. The molecule has 0 saturated carbocycles. The largest absolute Gasteiger partial charge is 0.341 e. The van der Waals surface area contributed by atoms with Crippen LogP contribution in [0.1, 0.15) is 32.3 Å². The summed E-state index contributed by atoms with van der Waals surface area (Å²) in [5.74, 6) is 0.560. The summed E-state index contributed by atoms with van der Waals surface area (Å²) in [5.41, 5.74) is 4.17. The number of nitrogens with zero attached hydrogens (tertiary/aromatic N) is 1. The predicted molar refractivity (Wildman–Crippen MR) is 79.2 cm³/mol. The van der Waals surface area contributed by atoms with E-state index in [0.29, 0.717) is 5.92 Å². The highest BCUT2D eigenvalue weighted by molar-refractivity contribution is 6.09. The molecule has 1 heteroatoms. The number of hydrogen-bond donors (Lipinski definition) is 0. The summed E-state index contributed by atoms with van der Waals surface area (Å²) < 4.78 is 2.41. The van der Waals surface area contributed by atoms with Crippen LogP contribution in [-0.2, 0) is 6.54 Å². The van der Waals surface area contributed by atoms with E-state index in [-0.39, 0.29) is 0 Å². The lowest BCUT2D eigenvalue weighted by Crippen LogP contribution is -1.93. The average Bonchev–Trinajstić information content (AvgIpc) is 2.72. The number of rotatable bonds is 2. The summed E-state index contributed by atoms with van der Waals surface area (Å²) in [6.45, 7) is 7.78. The van der Waals surface area contributed by atoms with E-state index in [9.17, 15) is 0 Å². The second-order valence-electron chi connectivity index (χ2n) is 5.16. The molecule has 1 heterocycles. The van der Waals surface area contributed by atoms with Gasteiger partial charge >= 0.3 is 0 Å². The molecule has 2 aromatic carbocycles. The molecule has 0 saturated heterocycles. The van der Waals surface area contributed by atoms with Crippen LogP contribution in [0.25, 0.3) is 21.8 Å². The second-order valence-corrected chi connectivity index (χ2v) is 5.16. The summed E-state index contributed by atoms with van der Waals surface area (Å²) >= 11 is 0. The number of aryl methyl sites for hydroxylation is 1. The maximum absolute atomic E-state index is 2.41. The van der Waals surface area contributed by atoms with Gasteiger partial charge in [-0.3, -0.25) is 0 Å². The standard InChI is InChI=1S/C17H19N/c1-4-18-15-10-6-5-8-14(15)17-13(12(2)3)9-7-11-16(17)18/h5-12H,4H2,1-3H3. The van der Waals surface area contributed by atoms with Gasteiger partial charge in [-0.2, -0.15) is 0 Å². The second kappa shape index (κ2) is 4.16. The fraction of sp³-hybridized carbons (Fsp3) is 0.294. The van der Waals surface area contributed by atoms with Crippen LogP contribution in [-0.4, -0.2) is 4.57 Å². The molecule has 0 N–H and O–H groups in total. The molecule has 0 fully saturated rings. The summed E-state index contributed by atoms with van der Waals surface area (Å²) in [5, 5.41) is 2.82. The predicted octanol–water partition coefficient (Wildman–Crippen LogP) is 4.94. The lowest BCUT2D eigenvalue weighted by molar-refractivity contribution is 0.825. The molecule has 0 bridgehead atoms. The van der Waals surface area contributed by atoms with Crippen molar-refractivity contribution in [3.8, 4) is 0 Å². The number of aromatic nitrogens is 1. The molecule has 0 aliphatic carbocycles. The van der Waals surface area contributed by atoms with Gasteiger partial charge in [-0.25, -0.2) is 0 Å². The first-order valence-electron chi connectivity index (χ1n) is 6.74. The normalized spacial score (nSPS) is 11.8. The minimum Gasteiger partial charge on any atom is -0.341 e. The van der Waals surface area contributed by atoms with Crippen molar-refractivity contribution >= 4 is 21.8 Å². The quantitative estimate of drug-likeness (QED) is 0.595. The van der Waals surface area contributed by atoms with Crippen molar-refractivity contribution in [2.75, 3.05) is 0 Å². The molecule has 0 aliphatic rings. The van der Waals surface area contributed by atoms with E-state index < -0.39 is 0 Å². The molecule has 0 unspecified atom stereocenters. The fourth-order valence-corrected chi connectivity index (χ4v) is 2.95. The van der Waals surface area contributed by atoms with Gasteiger partial charge in [0.15, 0.2) is 0 Å². The van der Waals surface area contributed by atoms with Crippen LogP contribution >= 0.6 is 0 Å². The van der Waals surface area contributed by atoms with Crippen molar-refractivity contribution in [2.45, 2.75) is 33.2 Å². The zero-order valence-corrected chi connectivity index (χ0v) is 11.3. The third-order valence-electron chi connectivity index (χ3n) is 3.77. The zero-order valence-electron chi connectivity index (χ0n) is 11.3. The minimum atomic E-state index is 0.560. The Hall–Kier alpha value is -1.76. The van der Waals surface area contributed by atoms with E-state index >= 15 is 0 Å². The van der Waals surface area contributed by atoms with Crippen LogP contribution in [0, 0.1) is 0 Å². The number of benzene rings is 2. The average molecular weight is 237 g/mol.